The maximum absolute atomic E-state index is 12.8. The Balaban J connectivity index is 2.02. The molecule has 0 radical (unpaired) electrons. The fourth-order valence-electron chi connectivity index (χ4n) is 2.99. The number of likely N-dealkylation sites (tertiary alicyclic amines) is 1. The van der Waals surface area contributed by atoms with Gasteiger partial charge in [-0.25, -0.2) is 0 Å². The average Bonchev–Trinajstić information content (AvgIpc) is 3.26. The van der Waals surface area contributed by atoms with Crippen LogP contribution in [-0.2, 0) is 4.79 Å². The van der Waals surface area contributed by atoms with E-state index in [0.29, 0.717) is 36.7 Å². The molecule has 1 aromatic rings. The Labute approximate surface area is 157 Å². The summed E-state index contributed by atoms with van der Waals surface area (Å²) in [6.07, 6.45) is 2.06. The standard InChI is InChI=1S/C17H26N4O4S/c1-11(2)12(18)8-10-19(3)16(22)13-5-4-9-20(13)17(23)14-6-7-15(26-14)21(24)25/h6-7,11-13H,4-5,8-10,18H2,1-3H3. The highest BCUT2D eigenvalue weighted by atomic mass is 32.1. The van der Waals surface area contributed by atoms with Gasteiger partial charge in [-0.1, -0.05) is 25.2 Å². The topological polar surface area (TPSA) is 110 Å². The lowest BCUT2D eigenvalue weighted by Crippen LogP contribution is -2.47. The van der Waals surface area contributed by atoms with Gasteiger partial charge in [0.2, 0.25) is 5.91 Å². The van der Waals surface area contributed by atoms with Crippen LogP contribution < -0.4 is 5.73 Å². The minimum atomic E-state index is -0.514. The molecule has 0 saturated carbocycles. The van der Waals surface area contributed by atoms with E-state index in [4.69, 9.17) is 5.73 Å². The molecule has 0 spiro atoms. The molecule has 0 aromatic carbocycles. The summed E-state index contributed by atoms with van der Waals surface area (Å²) in [5.74, 6) is -0.0678. The molecule has 2 heterocycles. The van der Waals surface area contributed by atoms with E-state index in [2.05, 4.69) is 0 Å². The zero-order valence-corrected chi connectivity index (χ0v) is 16.2. The van der Waals surface area contributed by atoms with Crippen molar-refractivity contribution in [3.8, 4) is 0 Å². The molecule has 9 heteroatoms. The molecule has 2 rings (SSSR count). The van der Waals surface area contributed by atoms with Gasteiger partial charge >= 0.3 is 5.00 Å². The molecule has 1 aliphatic rings. The second-order valence-corrected chi connectivity index (χ2v) is 8.07. The fourth-order valence-corrected chi connectivity index (χ4v) is 3.77. The summed E-state index contributed by atoms with van der Waals surface area (Å²) in [7, 11) is 1.73. The number of thiophene rings is 1. The fraction of sp³-hybridized carbons (Fsp3) is 0.647. The Morgan fingerprint density at radius 1 is 1.46 bits per heavy atom. The molecule has 2 unspecified atom stereocenters. The summed E-state index contributed by atoms with van der Waals surface area (Å²) >= 11 is 0.844. The summed E-state index contributed by atoms with van der Waals surface area (Å²) in [6, 6.07) is 2.29. The van der Waals surface area contributed by atoms with E-state index >= 15 is 0 Å². The number of nitrogens with two attached hydrogens (primary N) is 1. The van der Waals surface area contributed by atoms with Crippen LogP contribution in [-0.4, -0.2) is 58.8 Å². The van der Waals surface area contributed by atoms with Crippen LogP contribution in [0.4, 0.5) is 5.00 Å². The highest BCUT2D eigenvalue weighted by Crippen LogP contribution is 2.28. The third-order valence-electron chi connectivity index (χ3n) is 4.81. The molecule has 26 heavy (non-hydrogen) atoms. The lowest BCUT2D eigenvalue weighted by Gasteiger charge is -2.28. The quantitative estimate of drug-likeness (QED) is 0.573. The van der Waals surface area contributed by atoms with Crippen molar-refractivity contribution >= 4 is 28.2 Å². The van der Waals surface area contributed by atoms with Crippen LogP contribution in [0, 0.1) is 16.0 Å². The van der Waals surface area contributed by atoms with E-state index in [9.17, 15) is 19.7 Å². The maximum atomic E-state index is 12.8. The Morgan fingerprint density at radius 2 is 2.15 bits per heavy atom. The van der Waals surface area contributed by atoms with Crippen molar-refractivity contribution < 1.29 is 14.5 Å². The molecular weight excluding hydrogens is 356 g/mol. The van der Waals surface area contributed by atoms with Crippen LogP contribution in [0.5, 0.6) is 0 Å². The molecule has 2 atom stereocenters. The molecule has 8 nitrogen and oxygen atoms in total. The number of amides is 2. The molecule has 2 N–H and O–H groups in total. The first-order valence-electron chi connectivity index (χ1n) is 8.78. The number of likely N-dealkylation sites (N-methyl/N-ethyl adjacent to an activating group) is 1. The number of nitro groups is 1. The predicted octanol–water partition coefficient (Wildman–Crippen LogP) is 2.09. The monoisotopic (exact) mass is 382 g/mol. The first kappa shape index (κ1) is 20.3. The van der Waals surface area contributed by atoms with Crippen molar-refractivity contribution in [2.45, 2.75) is 45.2 Å². The molecule has 1 aliphatic heterocycles. The summed E-state index contributed by atoms with van der Waals surface area (Å²) < 4.78 is 0. The van der Waals surface area contributed by atoms with Crippen LogP contribution in [0.1, 0.15) is 42.8 Å². The molecule has 1 aromatic heterocycles. The minimum Gasteiger partial charge on any atom is -0.344 e. The average molecular weight is 382 g/mol. The van der Waals surface area contributed by atoms with Crippen molar-refractivity contribution in [1.82, 2.24) is 9.80 Å². The zero-order chi connectivity index (χ0) is 19.4. The predicted molar refractivity (Wildman–Crippen MR) is 100 cm³/mol. The molecule has 2 amide bonds. The maximum Gasteiger partial charge on any atom is 0.324 e. The lowest BCUT2D eigenvalue weighted by molar-refractivity contribution is -0.380. The zero-order valence-electron chi connectivity index (χ0n) is 15.4. The molecule has 1 saturated heterocycles. The van der Waals surface area contributed by atoms with Crippen LogP contribution in [0.25, 0.3) is 0 Å². The first-order valence-corrected chi connectivity index (χ1v) is 9.59. The third-order valence-corrected chi connectivity index (χ3v) is 5.84. The van der Waals surface area contributed by atoms with Crippen LogP contribution in [0.2, 0.25) is 0 Å². The Hall–Kier alpha value is -2.00. The number of hydrogen-bond acceptors (Lipinski definition) is 6. The van der Waals surface area contributed by atoms with Gasteiger partial charge in [0.05, 0.1) is 9.80 Å². The summed E-state index contributed by atoms with van der Waals surface area (Å²) in [6.45, 7) is 5.12. The Bertz CT molecular complexity index is 675. The van der Waals surface area contributed by atoms with E-state index in [0.717, 1.165) is 17.8 Å². The molecule has 144 valence electrons. The number of hydrogen-bond donors (Lipinski definition) is 1. The molecular formula is C17H26N4O4S. The van der Waals surface area contributed by atoms with Gasteiger partial charge in [-0.3, -0.25) is 19.7 Å². The molecule has 1 fully saturated rings. The number of nitrogens with zero attached hydrogens (tertiary/aromatic N) is 3. The van der Waals surface area contributed by atoms with Crippen molar-refractivity contribution in [2.24, 2.45) is 11.7 Å². The van der Waals surface area contributed by atoms with E-state index in [1.165, 1.54) is 17.0 Å². The second kappa shape index (κ2) is 8.59. The van der Waals surface area contributed by atoms with Crippen molar-refractivity contribution in [3.05, 3.63) is 27.1 Å². The highest BCUT2D eigenvalue weighted by Gasteiger charge is 2.37. The minimum absolute atomic E-state index is 0.0261. The van der Waals surface area contributed by atoms with Gasteiger partial charge in [0.25, 0.3) is 5.91 Å². The summed E-state index contributed by atoms with van der Waals surface area (Å²) in [5, 5.41) is 10.7. The van der Waals surface area contributed by atoms with Gasteiger partial charge in [0.1, 0.15) is 6.04 Å². The number of rotatable bonds is 7. The number of carbonyl (C=O) groups excluding carboxylic acids is 2. The SMILES string of the molecule is CC(C)C(N)CCN(C)C(=O)C1CCCN1C(=O)c1ccc([N+](=O)[O-])s1. The van der Waals surface area contributed by atoms with Crippen LogP contribution in [0.3, 0.4) is 0 Å². The van der Waals surface area contributed by atoms with Crippen LogP contribution >= 0.6 is 11.3 Å². The lowest BCUT2D eigenvalue weighted by atomic mass is 10.0. The van der Waals surface area contributed by atoms with Gasteiger partial charge in [-0.05, 0) is 31.2 Å². The van der Waals surface area contributed by atoms with Gasteiger partial charge in [0.15, 0.2) is 0 Å². The number of carbonyl (C=O) groups is 2. The second-order valence-electron chi connectivity index (χ2n) is 7.01. The third kappa shape index (κ3) is 4.59. The van der Waals surface area contributed by atoms with Crippen molar-refractivity contribution in [1.29, 1.82) is 0 Å². The van der Waals surface area contributed by atoms with Gasteiger partial charge in [0, 0.05) is 32.2 Å². The largest absolute Gasteiger partial charge is 0.344 e. The Morgan fingerprint density at radius 3 is 2.73 bits per heavy atom. The molecule has 0 aliphatic carbocycles. The van der Waals surface area contributed by atoms with E-state index in [-0.39, 0.29) is 22.9 Å². The van der Waals surface area contributed by atoms with Gasteiger partial charge in [-0.2, -0.15) is 0 Å². The van der Waals surface area contributed by atoms with E-state index < -0.39 is 11.0 Å². The van der Waals surface area contributed by atoms with Crippen LogP contribution in [0.15, 0.2) is 12.1 Å². The summed E-state index contributed by atoms with van der Waals surface area (Å²) in [4.78, 5) is 39.2. The van der Waals surface area contributed by atoms with Gasteiger partial charge in [-0.15, -0.1) is 0 Å². The van der Waals surface area contributed by atoms with Gasteiger partial charge < -0.3 is 15.5 Å². The molecule has 0 bridgehead atoms. The Kier molecular flexibility index (Phi) is 6.71. The van der Waals surface area contributed by atoms with Crippen molar-refractivity contribution in [3.63, 3.8) is 0 Å². The highest BCUT2D eigenvalue weighted by molar-refractivity contribution is 7.17. The normalized spacial score (nSPS) is 18.2. The first-order chi connectivity index (χ1) is 12.2. The van der Waals surface area contributed by atoms with E-state index in [1.807, 2.05) is 13.8 Å². The van der Waals surface area contributed by atoms with Crippen molar-refractivity contribution in [2.75, 3.05) is 20.1 Å². The summed E-state index contributed by atoms with van der Waals surface area (Å²) in [5.41, 5.74) is 6.04. The van der Waals surface area contributed by atoms with E-state index in [1.54, 1.807) is 11.9 Å². The smallest absolute Gasteiger partial charge is 0.324 e.